The predicted molar refractivity (Wildman–Crippen MR) is 44.8 cm³/mol. The first-order valence-electron chi connectivity index (χ1n) is 4.47. The molecule has 1 aliphatic rings. The van der Waals surface area contributed by atoms with E-state index < -0.39 is 0 Å². The van der Waals surface area contributed by atoms with Crippen molar-refractivity contribution in [1.82, 2.24) is 0 Å². The molecular formula is C9H19N. The zero-order valence-corrected chi connectivity index (χ0v) is 7.14. The smallest absolute Gasteiger partial charge is 0.00903 e. The van der Waals surface area contributed by atoms with Gasteiger partial charge in [0.25, 0.3) is 0 Å². The molecule has 2 unspecified atom stereocenters. The molecule has 0 aromatic carbocycles. The summed E-state index contributed by atoms with van der Waals surface area (Å²) in [6.45, 7) is 4.57. The van der Waals surface area contributed by atoms with Gasteiger partial charge in [0, 0.05) is 6.04 Å². The molecule has 0 amide bonds. The Balaban J connectivity index is 2.46. The lowest BCUT2D eigenvalue weighted by atomic mass is 9.90. The molecule has 1 fully saturated rings. The summed E-state index contributed by atoms with van der Waals surface area (Å²) in [5.74, 6) is 1.50. The van der Waals surface area contributed by atoms with E-state index in [1.165, 1.54) is 25.7 Å². The minimum absolute atomic E-state index is 0.461. The molecular weight excluding hydrogens is 122 g/mol. The van der Waals surface area contributed by atoms with Crippen molar-refractivity contribution in [3.63, 3.8) is 0 Å². The van der Waals surface area contributed by atoms with Gasteiger partial charge in [-0.1, -0.05) is 26.7 Å². The zero-order valence-electron chi connectivity index (χ0n) is 7.14. The van der Waals surface area contributed by atoms with Crippen molar-refractivity contribution >= 4 is 0 Å². The Bertz CT molecular complexity index is 88.9. The third-order valence-electron chi connectivity index (χ3n) is 2.88. The molecule has 1 aliphatic carbocycles. The van der Waals surface area contributed by atoms with E-state index in [1.807, 2.05) is 0 Å². The fourth-order valence-electron chi connectivity index (χ4n) is 1.88. The molecule has 1 saturated carbocycles. The van der Waals surface area contributed by atoms with E-state index in [0.717, 1.165) is 11.8 Å². The lowest BCUT2D eigenvalue weighted by Crippen LogP contribution is -2.33. The van der Waals surface area contributed by atoms with E-state index in [-0.39, 0.29) is 0 Å². The van der Waals surface area contributed by atoms with Crippen molar-refractivity contribution in [3.8, 4) is 0 Å². The number of hydrogen-bond acceptors (Lipinski definition) is 1. The van der Waals surface area contributed by atoms with Gasteiger partial charge in [0.2, 0.25) is 0 Å². The fraction of sp³-hybridized carbons (Fsp3) is 1.00. The molecule has 60 valence electrons. The first-order valence-corrected chi connectivity index (χ1v) is 4.47. The highest BCUT2D eigenvalue weighted by Gasteiger charge is 2.21. The van der Waals surface area contributed by atoms with Gasteiger partial charge in [0.15, 0.2) is 0 Å². The summed E-state index contributed by atoms with van der Waals surface area (Å²) in [5, 5.41) is 0. The van der Waals surface area contributed by atoms with Crippen molar-refractivity contribution in [2.45, 2.75) is 45.6 Å². The van der Waals surface area contributed by atoms with E-state index in [9.17, 15) is 0 Å². The maximum Gasteiger partial charge on any atom is 0.00903 e. The Morgan fingerprint density at radius 3 is 1.80 bits per heavy atom. The van der Waals surface area contributed by atoms with E-state index >= 15 is 0 Å². The zero-order chi connectivity index (χ0) is 7.56. The van der Waals surface area contributed by atoms with Gasteiger partial charge in [-0.15, -0.1) is 0 Å². The molecule has 10 heavy (non-hydrogen) atoms. The highest BCUT2D eigenvalue weighted by molar-refractivity contribution is 4.78. The van der Waals surface area contributed by atoms with Gasteiger partial charge in [-0.2, -0.15) is 0 Å². The highest BCUT2D eigenvalue weighted by atomic mass is 14.7. The molecule has 0 aromatic rings. The van der Waals surface area contributed by atoms with Crippen LogP contribution in [0.1, 0.15) is 39.5 Å². The second kappa shape index (κ2) is 3.38. The molecule has 0 heterocycles. The van der Waals surface area contributed by atoms with Gasteiger partial charge in [0.1, 0.15) is 0 Å². The predicted octanol–water partition coefficient (Wildman–Crippen LogP) is 2.16. The summed E-state index contributed by atoms with van der Waals surface area (Å²) < 4.78 is 0. The van der Waals surface area contributed by atoms with Gasteiger partial charge < -0.3 is 5.73 Å². The molecule has 0 radical (unpaired) electrons. The summed E-state index contributed by atoms with van der Waals surface area (Å²) in [4.78, 5) is 0. The van der Waals surface area contributed by atoms with Gasteiger partial charge in [0.05, 0.1) is 0 Å². The minimum Gasteiger partial charge on any atom is -0.327 e. The van der Waals surface area contributed by atoms with E-state index in [0.29, 0.717) is 6.04 Å². The van der Waals surface area contributed by atoms with E-state index in [4.69, 9.17) is 5.73 Å². The summed E-state index contributed by atoms with van der Waals surface area (Å²) in [6, 6.07) is 0.461. The third kappa shape index (κ3) is 1.72. The van der Waals surface area contributed by atoms with E-state index in [1.54, 1.807) is 0 Å². The standard InChI is InChI=1S/C9H19N/c1-7-5-3-4-6-8(2)9(7)10/h7-9H,3-6,10H2,1-2H3. The van der Waals surface area contributed by atoms with Crippen LogP contribution in [0.3, 0.4) is 0 Å². The van der Waals surface area contributed by atoms with Crippen molar-refractivity contribution in [3.05, 3.63) is 0 Å². The minimum atomic E-state index is 0.461. The maximum atomic E-state index is 6.02. The van der Waals surface area contributed by atoms with Crippen LogP contribution >= 0.6 is 0 Å². The van der Waals surface area contributed by atoms with Crippen LogP contribution in [0.4, 0.5) is 0 Å². The lowest BCUT2D eigenvalue weighted by Gasteiger charge is -2.21. The van der Waals surface area contributed by atoms with Crippen molar-refractivity contribution < 1.29 is 0 Å². The molecule has 0 bridgehead atoms. The molecule has 2 N–H and O–H groups in total. The summed E-state index contributed by atoms with van der Waals surface area (Å²) in [5.41, 5.74) is 6.02. The molecule has 0 aromatic heterocycles. The first kappa shape index (κ1) is 8.06. The van der Waals surface area contributed by atoms with Gasteiger partial charge in [-0.05, 0) is 24.7 Å². The molecule has 1 heteroatoms. The SMILES string of the molecule is CC1CCCCC(C)C1N. The third-order valence-corrected chi connectivity index (χ3v) is 2.88. The summed E-state index contributed by atoms with van der Waals surface area (Å²) in [6.07, 6.45) is 5.45. The normalized spacial score (nSPS) is 42.9. The first-order chi connectivity index (χ1) is 4.72. The van der Waals surface area contributed by atoms with E-state index in [2.05, 4.69) is 13.8 Å². The number of rotatable bonds is 0. The van der Waals surface area contributed by atoms with Crippen LogP contribution in [-0.2, 0) is 0 Å². The largest absolute Gasteiger partial charge is 0.327 e. The van der Waals surface area contributed by atoms with Crippen LogP contribution in [0.15, 0.2) is 0 Å². The molecule has 0 aliphatic heterocycles. The molecule has 1 rings (SSSR count). The lowest BCUT2D eigenvalue weighted by molar-refractivity contribution is 0.350. The van der Waals surface area contributed by atoms with Crippen molar-refractivity contribution in [2.24, 2.45) is 17.6 Å². The molecule has 0 spiro atoms. The quantitative estimate of drug-likeness (QED) is 0.514. The number of nitrogens with two attached hydrogens (primary N) is 1. The van der Waals surface area contributed by atoms with Crippen LogP contribution in [0.25, 0.3) is 0 Å². The second-order valence-corrected chi connectivity index (χ2v) is 3.82. The monoisotopic (exact) mass is 141 g/mol. The van der Waals surface area contributed by atoms with Crippen LogP contribution in [0, 0.1) is 11.8 Å². The summed E-state index contributed by atoms with van der Waals surface area (Å²) in [7, 11) is 0. The second-order valence-electron chi connectivity index (χ2n) is 3.82. The van der Waals surface area contributed by atoms with Crippen molar-refractivity contribution in [1.29, 1.82) is 0 Å². The average Bonchev–Trinajstić information content (AvgIpc) is 2.04. The maximum absolute atomic E-state index is 6.02. The Morgan fingerprint density at radius 1 is 1.00 bits per heavy atom. The molecule has 2 atom stereocenters. The summed E-state index contributed by atoms with van der Waals surface area (Å²) >= 11 is 0. The average molecular weight is 141 g/mol. The Hall–Kier alpha value is -0.0400. The fourth-order valence-corrected chi connectivity index (χ4v) is 1.88. The Morgan fingerprint density at radius 2 is 1.40 bits per heavy atom. The Labute approximate surface area is 64.0 Å². The van der Waals surface area contributed by atoms with Crippen LogP contribution in [0.5, 0.6) is 0 Å². The Kier molecular flexibility index (Phi) is 2.72. The van der Waals surface area contributed by atoms with Crippen LogP contribution in [-0.4, -0.2) is 6.04 Å². The van der Waals surface area contributed by atoms with Gasteiger partial charge in [-0.3, -0.25) is 0 Å². The van der Waals surface area contributed by atoms with Gasteiger partial charge >= 0.3 is 0 Å². The highest BCUT2D eigenvalue weighted by Crippen LogP contribution is 2.25. The van der Waals surface area contributed by atoms with Gasteiger partial charge in [-0.25, -0.2) is 0 Å². The molecule has 0 saturated heterocycles. The topological polar surface area (TPSA) is 26.0 Å². The van der Waals surface area contributed by atoms with Crippen molar-refractivity contribution in [2.75, 3.05) is 0 Å². The van der Waals surface area contributed by atoms with Crippen LogP contribution < -0.4 is 5.73 Å². The number of hydrogen-bond donors (Lipinski definition) is 1. The van der Waals surface area contributed by atoms with Crippen LogP contribution in [0.2, 0.25) is 0 Å². The molecule has 1 nitrogen and oxygen atoms in total.